The van der Waals surface area contributed by atoms with Crippen LogP contribution >= 0.6 is 23.4 Å². The first-order valence-electron chi connectivity index (χ1n) is 10.7. The summed E-state index contributed by atoms with van der Waals surface area (Å²) < 4.78 is 46.8. The molecule has 0 radical (unpaired) electrons. The molecule has 190 valence electrons. The summed E-state index contributed by atoms with van der Waals surface area (Å²) in [5.41, 5.74) is -0.544. The molecular weight excluding hydrogens is 523 g/mol. The highest BCUT2D eigenvalue weighted by atomic mass is 35.5. The van der Waals surface area contributed by atoms with Gasteiger partial charge in [0.05, 0.1) is 33.9 Å². The average molecular weight is 542 g/mol. The molecule has 1 atom stereocenters. The van der Waals surface area contributed by atoms with Gasteiger partial charge in [0.25, 0.3) is 5.69 Å². The van der Waals surface area contributed by atoms with Crippen LogP contribution in [-0.2, 0) is 22.3 Å². The van der Waals surface area contributed by atoms with Gasteiger partial charge < -0.3 is 10.1 Å². The number of alkyl halides is 3. The van der Waals surface area contributed by atoms with Crippen LogP contribution < -0.4 is 5.32 Å². The van der Waals surface area contributed by atoms with E-state index in [9.17, 15) is 28.1 Å². The molecule has 2 aromatic carbocycles. The maximum atomic E-state index is 13.1. The molecule has 0 saturated carbocycles. The maximum Gasteiger partial charge on any atom is 0.417 e. The second kappa shape index (κ2) is 10.8. The SMILES string of the molecule is O=C(CSc1nnc(-c2ccc([N+](=O)[O-])cc2)n1CC1CCCO1)Nc1ccc(Cl)c(C(F)(F)F)c1. The van der Waals surface area contributed by atoms with E-state index >= 15 is 0 Å². The lowest BCUT2D eigenvalue weighted by Crippen LogP contribution is -2.18. The summed E-state index contributed by atoms with van der Waals surface area (Å²) in [7, 11) is 0. The third kappa shape index (κ3) is 6.15. The topological polar surface area (TPSA) is 112 Å². The number of aromatic nitrogens is 3. The van der Waals surface area contributed by atoms with Crippen molar-refractivity contribution in [2.45, 2.75) is 36.8 Å². The van der Waals surface area contributed by atoms with Gasteiger partial charge in [-0.2, -0.15) is 13.2 Å². The second-order valence-corrected chi connectivity index (χ2v) is 9.23. The van der Waals surface area contributed by atoms with Crippen molar-refractivity contribution in [3.05, 3.63) is 63.2 Å². The van der Waals surface area contributed by atoms with Crippen LogP contribution in [0.5, 0.6) is 0 Å². The Labute approximate surface area is 212 Å². The van der Waals surface area contributed by atoms with Gasteiger partial charge in [-0.15, -0.1) is 10.2 Å². The predicted molar refractivity (Wildman–Crippen MR) is 127 cm³/mol. The van der Waals surface area contributed by atoms with Crippen molar-refractivity contribution >= 4 is 40.6 Å². The highest BCUT2D eigenvalue weighted by Gasteiger charge is 2.33. The highest BCUT2D eigenvalue weighted by Crippen LogP contribution is 2.36. The summed E-state index contributed by atoms with van der Waals surface area (Å²) in [6.45, 7) is 1.04. The Morgan fingerprint density at radius 2 is 2.00 bits per heavy atom. The van der Waals surface area contributed by atoms with Crippen LogP contribution in [0.25, 0.3) is 11.4 Å². The molecule has 1 fully saturated rings. The fourth-order valence-corrected chi connectivity index (χ4v) is 4.62. The minimum Gasteiger partial charge on any atom is -0.376 e. The van der Waals surface area contributed by atoms with E-state index < -0.39 is 27.6 Å². The van der Waals surface area contributed by atoms with Gasteiger partial charge in [0.2, 0.25) is 5.91 Å². The number of nitrogens with one attached hydrogen (secondary N) is 1. The van der Waals surface area contributed by atoms with Gasteiger partial charge in [-0.1, -0.05) is 23.4 Å². The summed E-state index contributed by atoms with van der Waals surface area (Å²) in [6, 6.07) is 8.98. The molecule has 1 aromatic heterocycles. The molecule has 1 amide bonds. The number of rotatable bonds is 8. The van der Waals surface area contributed by atoms with Crippen molar-refractivity contribution in [3.8, 4) is 11.4 Å². The Hall–Kier alpha value is -3.16. The normalized spacial score (nSPS) is 15.7. The number of benzene rings is 2. The standard InChI is InChI=1S/C22H19ClF3N5O4S/c23-18-8-5-14(10-17(18)22(24,25)26)27-19(32)12-36-21-29-28-20(30(21)11-16-2-1-9-35-16)13-3-6-15(7-4-13)31(33)34/h3-8,10,16H,1-2,9,11-12H2,(H,27,32). The van der Waals surface area contributed by atoms with Crippen molar-refractivity contribution in [2.24, 2.45) is 0 Å². The molecule has 9 nitrogen and oxygen atoms in total. The number of amides is 1. The number of hydrogen-bond donors (Lipinski definition) is 1. The molecule has 1 aliphatic rings. The molecule has 1 N–H and O–H groups in total. The monoisotopic (exact) mass is 541 g/mol. The second-order valence-electron chi connectivity index (χ2n) is 7.89. The van der Waals surface area contributed by atoms with E-state index in [0.29, 0.717) is 29.7 Å². The number of thioether (sulfide) groups is 1. The van der Waals surface area contributed by atoms with Crippen molar-refractivity contribution in [3.63, 3.8) is 0 Å². The zero-order valence-corrected chi connectivity index (χ0v) is 20.1. The molecular formula is C22H19ClF3N5O4S. The van der Waals surface area contributed by atoms with Crippen molar-refractivity contribution in [1.82, 2.24) is 14.8 Å². The zero-order valence-electron chi connectivity index (χ0n) is 18.5. The average Bonchev–Trinajstić information content (AvgIpc) is 3.49. The molecule has 0 bridgehead atoms. The fourth-order valence-electron chi connectivity index (χ4n) is 3.65. The van der Waals surface area contributed by atoms with Crippen LogP contribution in [0.1, 0.15) is 18.4 Å². The van der Waals surface area contributed by atoms with Gasteiger partial charge in [0, 0.05) is 30.0 Å². The molecule has 3 aromatic rings. The number of carbonyl (C=O) groups is 1. The van der Waals surface area contributed by atoms with E-state index in [4.69, 9.17) is 16.3 Å². The summed E-state index contributed by atoms with van der Waals surface area (Å²) in [5.74, 6) is -0.233. The molecule has 1 unspecified atom stereocenters. The van der Waals surface area contributed by atoms with Gasteiger partial charge >= 0.3 is 6.18 Å². The fraction of sp³-hybridized carbons (Fsp3) is 0.318. The van der Waals surface area contributed by atoms with E-state index in [2.05, 4.69) is 15.5 Å². The van der Waals surface area contributed by atoms with E-state index in [-0.39, 0.29) is 23.2 Å². The summed E-state index contributed by atoms with van der Waals surface area (Å²) >= 11 is 6.68. The number of ether oxygens (including phenoxy) is 1. The molecule has 4 rings (SSSR count). The van der Waals surface area contributed by atoms with Crippen molar-refractivity contribution < 1.29 is 27.6 Å². The smallest absolute Gasteiger partial charge is 0.376 e. The summed E-state index contributed by atoms with van der Waals surface area (Å²) in [5, 5.41) is 21.7. The van der Waals surface area contributed by atoms with E-state index in [0.717, 1.165) is 36.7 Å². The molecule has 14 heteroatoms. The van der Waals surface area contributed by atoms with Crippen LogP contribution in [0.2, 0.25) is 5.02 Å². The van der Waals surface area contributed by atoms with Gasteiger partial charge in [0.1, 0.15) is 0 Å². The largest absolute Gasteiger partial charge is 0.417 e. The van der Waals surface area contributed by atoms with Crippen molar-refractivity contribution in [1.29, 1.82) is 0 Å². The third-order valence-electron chi connectivity index (χ3n) is 5.35. The van der Waals surface area contributed by atoms with Crippen LogP contribution in [0.3, 0.4) is 0 Å². The van der Waals surface area contributed by atoms with E-state index in [1.54, 1.807) is 16.7 Å². The van der Waals surface area contributed by atoms with Crippen LogP contribution in [-0.4, -0.2) is 44.1 Å². The number of nitrogens with zero attached hydrogens (tertiary/aromatic N) is 4. The minimum atomic E-state index is -4.65. The lowest BCUT2D eigenvalue weighted by Gasteiger charge is -2.15. The van der Waals surface area contributed by atoms with Crippen LogP contribution in [0.4, 0.5) is 24.5 Å². The highest BCUT2D eigenvalue weighted by molar-refractivity contribution is 7.99. The number of nitro benzene ring substituents is 1. The first kappa shape index (κ1) is 25.9. The first-order valence-corrected chi connectivity index (χ1v) is 12.1. The van der Waals surface area contributed by atoms with Crippen LogP contribution in [0, 0.1) is 10.1 Å². The number of carbonyl (C=O) groups excluding carboxylic acids is 1. The van der Waals surface area contributed by atoms with Gasteiger partial charge in [-0.25, -0.2) is 0 Å². The molecule has 1 aliphatic heterocycles. The number of anilines is 1. The predicted octanol–water partition coefficient (Wildman–Crippen LogP) is 5.44. The first-order chi connectivity index (χ1) is 17.1. The molecule has 36 heavy (non-hydrogen) atoms. The van der Waals surface area contributed by atoms with Gasteiger partial charge in [-0.3, -0.25) is 19.5 Å². The quantitative estimate of drug-likeness (QED) is 0.230. The molecule has 0 spiro atoms. The van der Waals surface area contributed by atoms with Crippen LogP contribution in [0.15, 0.2) is 47.6 Å². The number of halogens is 4. The van der Waals surface area contributed by atoms with Crippen molar-refractivity contribution in [2.75, 3.05) is 17.7 Å². The molecule has 1 saturated heterocycles. The minimum absolute atomic E-state index is 0.0373. The Morgan fingerprint density at radius 3 is 2.64 bits per heavy atom. The summed E-state index contributed by atoms with van der Waals surface area (Å²) in [6.07, 6.45) is -2.99. The lowest BCUT2D eigenvalue weighted by molar-refractivity contribution is -0.384. The maximum absolute atomic E-state index is 13.1. The third-order valence-corrected chi connectivity index (χ3v) is 6.65. The zero-order chi connectivity index (χ0) is 25.9. The number of non-ortho nitro benzene ring substituents is 1. The van der Waals surface area contributed by atoms with Gasteiger partial charge in [-0.05, 0) is 43.2 Å². The Balaban J connectivity index is 1.50. The molecule has 0 aliphatic carbocycles. The lowest BCUT2D eigenvalue weighted by atomic mass is 10.2. The van der Waals surface area contributed by atoms with E-state index in [1.807, 2.05) is 0 Å². The molecule has 2 heterocycles. The Morgan fingerprint density at radius 1 is 1.25 bits per heavy atom. The Kier molecular flexibility index (Phi) is 7.81. The Bertz CT molecular complexity index is 1260. The summed E-state index contributed by atoms with van der Waals surface area (Å²) in [4.78, 5) is 22.9. The number of hydrogen-bond acceptors (Lipinski definition) is 7. The number of nitro groups is 1. The van der Waals surface area contributed by atoms with Gasteiger partial charge in [0.15, 0.2) is 11.0 Å². The van der Waals surface area contributed by atoms with E-state index in [1.165, 1.54) is 18.2 Å².